The highest BCUT2D eigenvalue weighted by Gasteiger charge is 2.24. The molecule has 0 aliphatic carbocycles. The van der Waals surface area contributed by atoms with Gasteiger partial charge < -0.3 is 4.98 Å². The van der Waals surface area contributed by atoms with E-state index in [2.05, 4.69) is 60.1 Å². The zero-order valence-corrected chi connectivity index (χ0v) is 18.8. The standard InChI is InChI=1S/C25H29F2N5/c1-15(2)23-20-11-18(17-6-8-31(9-7-17)13-22(26)27)4-5-21(20)30-24(23)19-10-16(3)25-28-14-29-32(25)12-19/h4-5,10-12,14-15,17,22,30H,6-9,13H2,1-3H3. The summed E-state index contributed by atoms with van der Waals surface area (Å²) in [4.78, 5) is 9.87. The maximum absolute atomic E-state index is 12.7. The number of likely N-dealkylation sites (tertiary alicyclic amines) is 1. The van der Waals surface area contributed by atoms with Crippen LogP contribution in [-0.2, 0) is 0 Å². The number of nitrogens with one attached hydrogen (secondary N) is 1. The van der Waals surface area contributed by atoms with Crippen LogP contribution in [-0.4, -0.2) is 50.5 Å². The molecule has 4 aromatic rings. The minimum atomic E-state index is -2.25. The van der Waals surface area contributed by atoms with Gasteiger partial charge in [0.15, 0.2) is 5.65 Å². The molecule has 5 nitrogen and oxygen atoms in total. The van der Waals surface area contributed by atoms with Gasteiger partial charge in [-0.05, 0) is 79.6 Å². The molecule has 4 heterocycles. The number of aromatic nitrogens is 4. The van der Waals surface area contributed by atoms with Crippen molar-refractivity contribution in [3.05, 3.63) is 53.5 Å². The summed E-state index contributed by atoms with van der Waals surface area (Å²) in [5.74, 6) is 0.758. The lowest BCUT2D eigenvalue weighted by Gasteiger charge is -2.32. The molecule has 5 rings (SSSR count). The van der Waals surface area contributed by atoms with Crippen molar-refractivity contribution in [2.75, 3.05) is 19.6 Å². The van der Waals surface area contributed by atoms with E-state index in [1.165, 1.54) is 16.5 Å². The van der Waals surface area contributed by atoms with Gasteiger partial charge in [0.1, 0.15) is 6.33 Å². The second kappa shape index (κ2) is 8.28. The number of aryl methyl sites for hydroxylation is 1. The molecule has 1 fully saturated rings. The smallest absolute Gasteiger partial charge is 0.251 e. The number of rotatable bonds is 5. The predicted octanol–water partition coefficient (Wildman–Crippen LogP) is 5.75. The van der Waals surface area contributed by atoms with Gasteiger partial charge in [-0.15, -0.1) is 0 Å². The van der Waals surface area contributed by atoms with Crippen LogP contribution in [0, 0.1) is 6.92 Å². The van der Waals surface area contributed by atoms with Crippen LogP contribution in [0.2, 0.25) is 0 Å². The highest BCUT2D eigenvalue weighted by molar-refractivity contribution is 5.92. The second-order valence-electron chi connectivity index (χ2n) is 9.28. The highest BCUT2D eigenvalue weighted by atomic mass is 19.3. The molecular formula is C25H29F2N5. The Hall–Kier alpha value is -2.80. The Kier molecular flexibility index (Phi) is 5.45. The summed E-state index contributed by atoms with van der Waals surface area (Å²) in [7, 11) is 0. The van der Waals surface area contributed by atoms with Gasteiger partial charge in [-0.25, -0.2) is 18.3 Å². The predicted molar refractivity (Wildman–Crippen MR) is 124 cm³/mol. The van der Waals surface area contributed by atoms with Crippen LogP contribution in [0.5, 0.6) is 0 Å². The van der Waals surface area contributed by atoms with Crippen LogP contribution in [0.3, 0.4) is 0 Å². The molecule has 1 aromatic carbocycles. The minimum Gasteiger partial charge on any atom is -0.354 e. The summed E-state index contributed by atoms with van der Waals surface area (Å²) in [5.41, 5.74) is 7.92. The first-order valence-corrected chi connectivity index (χ1v) is 11.4. The molecule has 1 saturated heterocycles. The Bertz CT molecular complexity index is 1250. The molecule has 3 aromatic heterocycles. The number of fused-ring (bicyclic) bond motifs is 2. The molecule has 0 atom stereocenters. The number of benzene rings is 1. The third-order valence-corrected chi connectivity index (χ3v) is 6.74. The Morgan fingerprint density at radius 1 is 1.16 bits per heavy atom. The van der Waals surface area contributed by atoms with Crippen molar-refractivity contribution in [1.29, 1.82) is 0 Å². The van der Waals surface area contributed by atoms with Gasteiger partial charge in [0, 0.05) is 22.7 Å². The number of pyridine rings is 1. The minimum absolute atomic E-state index is 0.111. The molecule has 0 amide bonds. The van der Waals surface area contributed by atoms with Crippen molar-refractivity contribution in [1.82, 2.24) is 24.5 Å². The molecule has 32 heavy (non-hydrogen) atoms. The summed E-state index contributed by atoms with van der Waals surface area (Å²) in [6.45, 7) is 7.87. The van der Waals surface area contributed by atoms with Gasteiger partial charge in [-0.3, -0.25) is 4.90 Å². The lowest BCUT2D eigenvalue weighted by atomic mass is 9.87. The zero-order valence-electron chi connectivity index (χ0n) is 18.8. The first kappa shape index (κ1) is 21.1. The SMILES string of the molecule is Cc1cc(-c2[nH]c3ccc(C4CCN(CC(F)F)CC4)cc3c2C(C)C)cn2ncnc12. The van der Waals surface area contributed by atoms with E-state index in [1.54, 1.807) is 6.33 Å². The van der Waals surface area contributed by atoms with Crippen LogP contribution in [0.25, 0.3) is 27.8 Å². The van der Waals surface area contributed by atoms with Gasteiger partial charge in [-0.2, -0.15) is 5.10 Å². The largest absolute Gasteiger partial charge is 0.354 e. The number of H-pyrrole nitrogens is 1. The van der Waals surface area contributed by atoms with E-state index >= 15 is 0 Å². The molecule has 0 saturated carbocycles. The maximum Gasteiger partial charge on any atom is 0.251 e. The Morgan fingerprint density at radius 3 is 2.66 bits per heavy atom. The molecule has 0 unspecified atom stereocenters. The molecule has 1 N–H and O–H groups in total. The fraction of sp³-hybridized carbons (Fsp3) is 0.440. The van der Waals surface area contributed by atoms with Crippen LogP contribution in [0.1, 0.15) is 55.2 Å². The second-order valence-corrected chi connectivity index (χ2v) is 9.28. The third kappa shape index (κ3) is 3.79. The first-order valence-electron chi connectivity index (χ1n) is 11.4. The van der Waals surface area contributed by atoms with Gasteiger partial charge in [0.2, 0.25) is 0 Å². The fourth-order valence-electron chi connectivity index (χ4n) is 5.19. The number of nitrogens with zero attached hydrogens (tertiary/aromatic N) is 4. The maximum atomic E-state index is 12.7. The average Bonchev–Trinajstić information content (AvgIpc) is 3.38. The van der Waals surface area contributed by atoms with Gasteiger partial charge in [-0.1, -0.05) is 19.9 Å². The van der Waals surface area contributed by atoms with Crippen molar-refractivity contribution in [3.8, 4) is 11.3 Å². The van der Waals surface area contributed by atoms with Crippen LogP contribution in [0.15, 0.2) is 36.8 Å². The summed E-state index contributed by atoms with van der Waals surface area (Å²) < 4.78 is 27.3. The molecule has 0 bridgehead atoms. The van der Waals surface area contributed by atoms with Crippen molar-refractivity contribution in [2.45, 2.75) is 51.9 Å². The fourth-order valence-corrected chi connectivity index (χ4v) is 5.19. The molecular weight excluding hydrogens is 408 g/mol. The highest BCUT2D eigenvalue weighted by Crippen LogP contribution is 2.38. The van der Waals surface area contributed by atoms with E-state index in [1.807, 2.05) is 15.6 Å². The van der Waals surface area contributed by atoms with Crippen molar-refractivity contribution >= 4 is 16.6 Å². The summed E-state index contributed by atoms with van der Waals surface area (Å²) in [5, 5.41) is 5.58. The van der Waals surface area contributed by atoms with Crippen LogP contribution < -0.4 is 0 Å². The lowest BCUT2D eigenvalue weighted by molar-refractivity contribution is 0.0754. The monoisotopic (exact) mass is 437 g/mol. The van der Waals surface area contributed by atoms with E-state index in [0.717, 1.165) is 53.9 Å². The number of piperidine rings is 1. The topological polar surface area (TPSA) is 49.2 Å². The van der Waals surface area contributed by atoms with E-state index < -0.39 is 6.43 Å². The quantitative estimate of drug-likeness (QED) is 0.432. The Balaban J connectivity index is 1.52. The van der Waals surface area contributed by atoms with Crippen molar-refractivity contribution < 1.29 is 8.78 Å². The van der Waals surface area contributed by atoms with Gasteiger partial charge >= 0.3 is 0 Å². The molecule has 168 valence electrons. The third-order valence-electron chi connectivity index (χ3n) is 6.74. The number of halogens is 2. The molecule has 0 radical (unpaired) electrons. The van der Waals surface area contributed by atoms with Crippen molar-refractivity contribution in [2.24, 2.45) is 0 Å². The lowest BCUT2D eigenvalue weighted by Crippen LogP contribution is -2.36. The Morgan fingerprint density at radius 2 is 1.94 bits per heavy atom. The van der Waals surface area contributed by atoms with E-state index in [9.17, 15) is 8.78 Å². The number of aromatic amines is 1. The summed E-state index contributed by atoms with van der Waals surface area (Å²) in [6, 6.07) is 8.86. The molecule has 0 spiro atoms. The normalized spacial score (nSPS) is 16.2. The average molecular weight is 438 g/mol. The van der Waals surface area contributed by atoms with Crippen molar-refractivity contribution in [3.63, 3.8) is 0 Å². The van der Waals surface area contributed by atoms with Crippen LogP contribution >= 0.6 is 0 Å². The molecule has 7 heteroatoms. The zero-order chi connectivity index (χ0) is 22.4. The van der Waals surface area contributed by atoms with Crippen LogP contribution in [0.4, 0.5) is 8.78 Å². The van der Waals surface area contributed by atoms with E-state index in [0.29, 0.717) is 11.8 Å². The van der Waals surface area contributed by atoms with Gasteiger partial charge in [0.05, 0.1) is 12.2 Å². The van der Waals surface area contributed by atoms with E-state index in [4.69, 9.17) is 0 Å². The summed E-state index contributed by atoms with van der Waals surface area (Å²) >= 11 is 0. The summed E-state index contributed by atoms with van der Waals surface area (Å²) in [6.07, 6.45) is 3.21. The Labute approximate surface area is 186 Å². The number of hydrogen-bond acceptors (Lipinski definition) is 3. The first-order chi connectivity index (χ1) is 15.4. The number of alkyl halides is 2. The molecule has 1 aliphatic heterocycles. The van der Waals surface area contributed by atoms with Gasteiger partial charge in [0.25, 0.3) is 6.43 Å². The molecule has 1 aliphatic rings. The van der Waals surface area contributed by atoms with E-state index in [-0.39, 0.29) is 6.54 Å². The number of hydrogen-bond donors (Lipinski definition) is 1.